The predicted octanol–water partition coefficient (Wildman–Crippen LogP) is 4.18. The monoisotopic (exact) mass is 441 g/mol. The highest BCUT2D eigenvalue weighted by Gasteiger charge is 2.20. The smallest absolute Gasteiger partial charge is 0.310 e. The molecule has 6 heteroatoms. The lowest BCUT2D eigenvalue weighted by Gasteiger charge is -2.13. The van der Waals surface area contributed by atoms with Crippen LogP contribution in [0.5, 0.6) is 0 Å². The molecule has 0 aliphatic rings. The second-order valence-corrected chi connectivity index (χ2v) is 7.98. The van der Waals surface area contributed by atoms with Crippen LogP contribution in [0.3, 0.4) is 0 Å². The first-order valence-corrected chi connectivity index (χ1v) is 10.9. The van der Waals surface area contributed by atoms with Crippen LogP contribution in [0.15, 0.2) is 66.9 Å². The Morgan fingerprint density at radius 3 is 2.48 bits per heavy atom. The van der Waals surface area contributed by atoms with Gasteiger partial charge in [-0.05, 0) is 52.9 Å². The van der Waals surface area contributed by atoms with E-state index in [0.29, 0.717) is 18.7 Å². The number of nitrogens with two attached hydrogens (primary N) is 2. The molecule has 6 nitrogen and oxygen atoms in total. The Hall–Kier alpha value is -3.90. The maximum atomic E-state index is 12.3. The molecule has 0 aliphatic carbocycles. The summed E-state index contributed by atoms with van der Waals surface area (Å²) >= 11 is 0. The van der Waals surface area contributed by atoms with Crippen molar-refractivity contribution in [3.8, 4) is 22.3 Å². The van der Waals surface area contributed by atoms with Gasteiger partial charge in [0, 0.05) is 41.8 Å². The van der Waals surface area contributed by atoms with Crippen LogP contribution in [-0.4, -0.2) is 23.1 Å². The lowest BCUT2D eigenvalue weighted by Crippen LogP contribution is -2.11. The second kappa shape index (κ2) is 9.30. The molecule has 0 unspecified atom stereocenters. The molecule has 168 valence electrons. The SMILES string of the molecule is CCOC(=O)Cc1ccccc1-c1cn(C)c2cc(C(N)=O)cc(-c3cccc(CN)c3)c12. The van der Waals surface area contributed by atoms with Crippen LogP contribution in [0.1, 0.15) is 28.4 Å². The maximum absolute atomic E-state index is 12.3. The maximum Gasteiger partial charge on any atom is 0.310 e. The van der Waals surface area contributed by atoms with E-state index in [-0.39, 0.29) is 12.4 Å². The molecular weight excluding hydrogens is 414 g/mol. The lowest BCUT2D eigenvalue weighted by molar-refractivity contribution is -0.142. The number of aromatic nitrogens is 1. The average molecular weight is 442 g/mol. The minimum Gasteiger partial charge on any atom is -0.466 e. The van der Waals surface area contributed by atoms with Crippen LogP contribution in [0.4, 0.5) is 0 Å². The number of nitrogens with zero attached hydrogens (tertiary/aromatic N) is 1. The number of esters is 1. The Kier molecular flexibility index (Phi) is 6.29. The number of carbonyl (C=O) groups excluding carboxylic acids is 2. The van der Waals surface area contributed by atoms with Crippen molar-refractivity contribution >= 4 is 22.8 Å². The van der Waals surface area contributed by atoms with E-state index in [4.69, 9.17) is 16.2 Å². The zero-order chi connectivity index (χ0) is 23.5. The van der Waals surface area contributed by atoms with Crippen LogP contribution in [0.2, 0.25) is 0 Å². The van der Waals surface area contributed by atoms with Gasteiger partial charge in [0.05, 0.1) is 13.0 Å². The minimum atomic E-state index is -0.487. The normalized spacial score (nSPS) is 11.0. The summed E-state index contributed by atoms with van der Waals surface area (Å²) in [6.07, 6.45) is 2.20. The van der Waals surface area contributed by atoms with Gasteiger partial charge in [-0.1, -0.05) is 42.5 Å². The van der Waals surface area contributed by atoms with Gasteiger partial charge in [0.2, 0.25) is 5.91 Å². The van der Waals surface area contributed by atoms with E-state index in [0.717, 1.165) is 44.3 Å². The molecule has 1 amide bonds. The summed E-state index contributed by atoms with van der Waals surface area (Å²) in [5.74, 6) is -0.754. The Morgan fingerprint density at radius 2 is 1.76 bits per heavy atom. The van der Waals surface area contributed by atoms with Crippen molar-refractivity contribution in [1.82, 2.24) is 4.57 Å². The molecule has 4 rings (SSSR count). The fraction of sp³-hybridized carbons (Fsp3) is 0.185. The number of fused-ring (bicyclic) bond motifs is 1. The van der Waals surface area contributed by atoms with Crippen LogP contribution in [0, 0.1) is 0 Å². The molecule has 0 aliphatic heterocycles. The summed E-state index contributed by atoms with van der Waals surface area (Å²) in [4.78, 5) is 24.4. The Balaban J connectivity index is 2.01. The molecule has 1 aromatic heterocycles. The van der Waals surface area contributed by atoms with E-state index in [2.05, 4.69) is 0 Å². The number of rotatable bonds is 7. The molecule has 4 aromatic rings. The summed E-state index contributed by atoms with van der Waals surface area (Å²) in [5.41, 5.74) is 18.5. The summed E-state index contributed by atoms with van der Waals surface area (Å²) in [5, 5.41) is 0.980. The number of hydrogen-bond acceptors (Lipinski definition) is 4. The van der Waals surface area contributed by atoms with Crippen molar-refractivity contribution in [1.29, 1.82) is 0 Å². The van der Waals surface area contributed by atoms with E-state index in [1.807, 2.05) is 78.5 Å². The fourth-order valence-electron chi connectivity index (χ4n) is 4.26. The molecule has 0 spiro atoms. The number of primary amides is 1. The lowest BCUT2D eigenvalue weighted by atomic mass is 9.91. The van der Waals surface area contributed by atoms with E-state index < -0.39 is 5.91 Å². The molecule has 0 radical (unpaired) electrons. The van der Waals surface area contributed by atoms with Crippen LogP contribution < -0.4 is 11.5 Å². The van der Waals surface area contributed by atoms with Gasteiger partial charge in [-0.25, -0.2) is 0 Å². The first-order valence-electron chi connectivity index (χ1n) is 10.9. The molecule has 33 heavy (non-hydrogen) atoms. The largest absolute Gasteiger partial charge is 0.466 e. The molecule has 1 heterocycles. The van der Waals surface area contributed by atoms with Crippen LogP contribution >= 0.6 is 0 Å². The van der Waals surface area contributed by atoms with Crippen molar-refractivity contribution in [3.63, 3.8) is 0 Å². The zero-order valence-electron chi connectivity index (χ0n) is 18.8. The quantitative estimate of drug-likeness (QED) is 0.420. The van der Waals surface area contributed by atoms with Crippen molar-refractivity contribution < 1.29 is 14.3 Å². The third kappa shape index (κ3) is 4.38. The Labute approximate surface area is 192 Å². The molecule has 0 fully saturated rings. The summed E-state index contributed by atoms with van der Waals surface area (Å²) in [6, 6.07) is 19.4. The second-order valence-electron chi connectivity index (χ2n) is 7.98. The number of carbonyl (C=O) groups is 2. The van der Waals surface area contributed by atoms with Crippen LogP contribution in [0.25, 0.3) is 33.2 Å². The first-order chi connectivity index (χ1) is 15.9. The van der Waals surface area contributed by atoms with Gasteiger partial charge in [-0.15, -0.1) is 0 Å². The average Bonchev–Trinajstić information content (AvgIpc) is 3.15. The van der Waals surface area contributed by atoms with Gasteiger partial charge in [0.1, 0.15) is 0 Å². The number of benzene rings is 3. The molecule has 0 saturated carbocycles. The standard InChI is InChI=1S/C27H27N3O3/c1-3-33-25(31)14-19-8-4-5-10-21(19)23-16-30(2)24-13-20(27(29)32)12-22(26(23)24)18-9-6-7-17(11-18)15-28/h4-13,16H,3,14-15,28H2,1-2H3,(H2,29,32). The van der Waals surface area contributed by atoms with E-state index >= 15 is 0 Å². The summed E-state index contributed by atoms with van der Waals surface area (Å²) in [7, 11) is 1.94. The Morgan fingerprint density at radius 1 is 0.970 bits per heavy atom. The van der Waals surface area contributed by atoms with E-state index in [9.17, 15) is 9.59 Å². The van der Waals surface area contributed by atoms with E-state index in [1.54, 1.807) is 6.92 Å². The number of ether oxygens (including phenoxy) is 1. The predicted molar refractivity (Wildman–Crippen MR) is 131 cm³/mol. The zero-order valence-corrected chi connectivity index (χ0v) is 18.8. The molecule has 3 aromatic carbocycles. The van der Waals surface area contributed by atoms with E-state index in [1.165, 1.54) is 0 Å². The summed E-state index contributed by atoms with van der Waals surface area (Å²) in [6.45, 7) is 2.55. The van der Waals surface area contributed by atoms with Crippen molar-refractivity contribution in [2.24, 2.45) is 18.5 Å². The highest BCUT2D eigenvalue weighted by atomic mass is 16.5. The highest BCUT2D eigenvalue weighted by Crippen LogP contribution is 2.40. The Bertz CT molecular complexity index is 1350. The van der Waals surface area contributed by atoms with Gasteiger partial charge in [0.15, 0.2) is 0 Å². The van der Waals surface area contributed by atoms with Crippen molar-refractivity contribution in [2.45, 2.75) is 19.9 Å². The number of hydrogen-bond donors (Lipinski definition) is 2. The highest BCUT2D eigenvalue weighted by molar-refractivity contribution is 6.10. The van der Waals surface area contributed by atoms with Gasteiger partial charge in [-0.2, -0.15) is 0 Å². The van der Waals surface area contributed by atoms with Crippen molar-refractivity contribution in [3.05, 3.63) is 83.6 Å². The molecule has 0 atom stereocenters. The van der Waals surface area contributed by atoms with Crippen LogP contribution in [-0.2, 0) is 29.5 Å². The third-order valence-electron chi connectivity index (χ3n) is 5.80. The fourth-order valence-corrected chi connectivity index (χ4v) is 4.26. The number of aryl methyl sites for hydroxylation is 1. The summed E-state index contributed by atoms with van der Waals surface area (Å²) < 4.78 is 7.16. The van der Waals surface area contributed by atoms with Gasteiger partial charge in [-0.3, -0.25) is 9.59 Å². The molecular formula is C27H27N3O3. The topological polar surface area (TPSA) is 100 Å². The first kappa shape index (κ1) is 22.3. The van der Waals surface area contributed by atoms with Gasteiger partial charge >= 0.3 is 5.97 Å². The molecule has 0 saturated heterocycles. The van der Waals surface area contributed by atoms with Gasteiger partial charge in [0.25, 0.3) is 0 Å². The molecule has 4 N–H and O–H groups in total. The number of amides is 1. The minimum absolute atomic E-state index is 0.178. The van der Waals surface area contributed by atoms with Crippen molar-refractivity contribution in [2.75, 3.05) is 6.61 Å². The third-order valence-corrected chi connectivity index (χ3v) is 5.80. The molecule has 0 bridgehead atoms. The van der Waals surface area contributed by atoms with Gasteiger partial charge < -0.3 is 20.8 Å².